The lowest BCUT2D eigenvalue weighted by Gasteiger charge is -2.11. The number of nitrogens with one attached hydrogen (secondary N) is 1. The highest BCUT2D eigenvalue weighted by molar-refractivity contribution is 6.03. The average Bonchev–Trinajstić information content (AvgIpc) is 2.81. The second-order valence-corrected chi connectivity index (χ2v) is 4.88. The van der Waals surface area contributed by atoms with Crippen molar-refractivity contribution in [2.24, 2.45) is 12.8 Å². The number of ketones is 1. The zero-order valence-corrected chi connectivity index (χ0v) is 14.0. The lowest BCUT2D eigenvalue weighted by atomic mass is 10.2. The number of halogens is 1. The number of hydrogen-bond acceptors (Lipinski definition) is 3. The fourth-order valence-electron chi connectivity index (χ4n) is 2.13. The fourth-order valence-corrected chi connectivity index (χ4v) is 2.13. The first-order chi connectivity index (χ1) is 10.8. The molecule has 0 spiro atoms. The van der Waals surface area contributed by atoms with Gasteiger partial charge in [0.05, 0.1) is 16.9 Å². The Kier molecular flexibility index (Phi) is 6.07. The van der Waals surface area contributed by atoms with E-state index in [1.807, 2.05) is 13.8 Å². The maximum Gasteiger partial charge on any atom is 0.252 e. The van der Waals surface area contributed by atoms with Crippen molar-refractivity contribution in [3.63, 3.8) is 0 Å². The summed E-state index contributed by atoms with van der Waals surface area (Å²) in [5.41, 5.74) is 6.76. The van der Waals surface area contributed by atoms with E-state index in [1.54, 1.807) is 26.1 Å². The molecule has 1 aromatic carbocycles. The van der Waals surface area contributed by atoms with Crippen molar-refractivity contribution in [1.82, 2.24) is 4.57 Å². The molecule has 0 aliphatic carbocycles. The number of primary amides is 1. The third-order valence-corrected chi connectivity index (χ3v) is 3.24. The number of hydrogen-bond donors (Lipinski definition) is 2. The molecule has 0 radical (unpaired) electrons. The number of benzene rings is 1. The topological polar surface area (TPSA) is 77.1 Å². The molecule has 0 atom stereocenters. The van der Waals surface area contributed by atoms with E-state index in [0.29, 0.717) is 5.69 Å². The van der Waals surface area contributed by atoms with Crippen LogP contribution in [-0.4, -0.2) is 16.3 Å². The summed E-state index contributed by atoms with van der Waals surface area (Å²) in [6, 6.07) is 6.08. The summed E-state index contributed by atoms with van der Waals surface area (Å²) in [5, 5.41) is 2.83. The Bertz CT molecular complexity index is 736. The van der Waals surface area contributed by atoms with Crippen LogP contribution in [0.3, 0.4) is 0 Å². The molecule has 0 saturated carbocycles. The highest BCUT2D eigenvalue weighted by Gasteiger charge is 2.19. The lowest BCUT2D eigenvalue weighted by Crippen LogP contribution is -2.13. The number of anilines is 2. The van der Waals surface area contributed by atoms with Crippen LogP contribution in [-0.2, 0) is 7.05 Å². The smallest absolute Gasteiger partial charge is 0.252 e. The van der Waals surface area contributed by atoms with E-state index >= 15 is 0 Å². The van der Waals surface area contributed by atoms with Crippen LogP contribution in [0, 0.1) is 12.7 Å². The predicted octanol–water partition coefficient (Wildman–Crippen LogP) is 3.54. The molecule has 0 bridgehead atoms. The molecule has 1 heterocycles. The Morgan fingerprint density at radius 3 is 2.30 bits per heavy atom. The Morgan fingerprint density at radius 1 is 1.22 bits per heavy atom. The van der Waals surface area contributed by atoms with Crippen LogP contribution in [0.25, 0.3) is 0 Å². The van der Waals surface area contributed by atoms with Crippen molar-refractivity contribution in [3.05, 3.63) is 46.9 Å². The summed E-state index contributed by atoms with van der Waals surface area (Å²) in [4.78, 5) is 23.0. The molecule has 2 rings (SSSR count). The van der Waals surface area contributed by atoms with Crippen LogP contribution >= 0.6 is 0 Å². The van der Waals surface area contributed by atoms with Gasteiger partial charge in [0.25, 0.3) is 5.91 Å². The van der Waals surface area contributed by atoms with Crippen LogP contribution in [0.4, 0.5) is 15.9 Å². The van der Waals surface area contributed by atoms with Gasteiger partial charge in [-0.15, -0.1) is 0 Å². The fraction of sp³-hybridized carbons (Fsp3) is 0.294. The molecule has 1 aromatic heterocycles. The van der Waals surface area contributed by atoms with Gasteiger partial charge in [-0.2, -0.15) is 0 Å². The van der Waals surface area contributed by atoms with E-state index in [4.69, 9.17) is 5.73 Å². The summed E-state index contributed by atoms with van der Waals surface area (Å²) >= 11 is 0. The van der Waals surface area contributed by atoms with Gasteiger partial charge in [-0.25, -0.2) is 4.39 Å². The molecule has 0 unspecified atom stereocenters. The number of nitrogens with zero attached hydrogens (tertiary/aromatic N) is 1. The Morgan fingerprint density at radius 2 is 1.83 bits per heavy atom. The maximum absolute atomic E-state index is 13.9. The number of aromatic nitrogens is 1. The van der Waals surface area contributed by atoms with Crippen LogP contribution in [0.2, 0.25) is 0 Å². The van der Waals surface area contributed by atoms with Gasteiger partial charge in [-0.05, 0) is 30.7 Å². The summed E-state index contributed by atoms with van der Waals surface area (Å²) in [6.07, 6.45) is 0. The number of Topliss-reactive ketones (excluding diaryl/α,β-unsaturated/α-hetero) is 1. The first-order valence-corrected chi connectivity index (χ1v) is 7.35. The number of rotatable bonds is 4. The van der Waals surface area contributed by atoms with Crippen molar-refractivity contribution >= 4 is 23.2 Å². The molecule has 0 aliphatic heterocycles. The van der Waals surface area contributed by atoms with E-state index in [-0.39, 0.29) is 22.9 Å². The van der Waals surface area contributed by atoms with Crippen molar-refractivity contribution in [3.8, 4) is 0 Å². The second kappa shape index (κ2) is 7.58. The van der Waals surface area contributed by atoms with Gasteiger partial charge in [0.1, 0.15) is 11.6 Å². The summed E-state index contributed by atoms with van der Waals surface area (Å²) < 4.78 is 15.4. The number of amides is 1. The molecule has 0 aliphatic rings. The quantitative estimate of drug-likeness (QED) is 0.846. The van der Waals surface area contributed by atoms with E-state index in [1.165, 1.54) is 23.6 Å². The molecular formula is C17H22FN3O2. The molecule has 6 heteroatoms. The minimum atomic E-state index is -0.687. The second-order valence-electron chi connectivity index (χ2n) is 4.88. The van der Waals surface area contributed by atoms with Crippen LogP contribution < -0.4 is 11.1 Å². The number of nitrogens with two attached hydrogens (primary N) is 1. The molecule has 0 fully saturated rings. The largest absolute Gasteiger partial charge is 0.365 e. The van der Waals surface area contributed by atoms with Gasteiger partial charge < -0.3 is 15.6 Å². The van der Waals surface area contributed by atoms with E-state index < -0.39 is 11.7 Å². The molecule has 1 amide bonds. The Labute approximate surface area is 135 Å². The first-order valence-electron chi connectivity index (χ1n) is 7.35. The third-order valence-electron chi connectivity index (χ3n) is 3.24. The zero-order valence-electron chi connectivity index (χ0n) is 14.0. The number of aryl methyl sites for hydroxylation is 1. The van der Waals surface area contributed by atoms with Gasteiger partial charge in [-0.1, -0.05) is 19.9 Å². The van der Waals surface area contributed by atoms with E-state index in [2.05, 4.69) is 5.32 Å². The molecular weight excluding hydrogens is 297 g/mol. The Balaban J connectivity index is 0.00000127. The van der Waals surface area contributed by atoms with Crippen LogP contribution in [0.1, 0.15) is 47.2 Å². The number of carbonyl (C=O) groups excluding carboxylic acids is 2. The summed E-state index contributed by atoms with van der Waals surface area (Å²) in [6.45, 7) is 7.16. The highest BCUT2D eigenvalue weighted by Crippen LogP contribution is 2.26. The average molecular weight is 319 g/mol. The predicted molar refractivity (Wildman–Crippen MR) is 89.7 cm³/mol. The van der Waals surface area contributed by atoms with Crippen molar-refractivity contribution in [1.29, 1.82) is 0 Å². The van der Waals surface area contributed by atoms with Crippen molar-refractivity contribution in [2.45, 2.75) is 27.7 Å². The lowest BCUT2D eigenvalue weighted by molar-refractivity contribution is 0.0998. The molecule has 2 aromatic rings. The number of carbonyl (C=O) groups is 2. The zero-order chi connectivity index (χ0) is 17.7. The van der Waals surface area contributed by atoms with Gasteiger partial charge in [0, 0.05) is 14.0 Å². The summed E-state index contributed by atoms with van der Waals surface area (Å²) in [7, 11) is 1.61. The standard InChI is InChI=1S/C15H16FN3O2.C2H6/c1-8-4-5-12(11(16)6-8)18-15-10(14(17)21)7-13(9(2)20)19(15)3;1-2/h4-7,18H,1-3H3,(H2,17,21);1-2H3. The first kappa shape index (κ1) is 18.4. The van der Waals surface area contributed by atoms with E-state index in [0.717, 1.165) is 5.56 Å². The maximum atomic E-state index is 13.9. The third kappa shape index (κ3) is 3.97. The normalized spacial score (nSPS) is 9.83. The van der Waals surface area contributed by atoms with Gasteiger partial charge in [0.15, 0.2) is 5.78 Å². The highest BCUT2D eigenvalue weighted by atomic mass is 19.1. The molecule has 3 N–H and O–H groups in total. The Hall–Kier alpha value is -2.63. The molecule has 5 nitrogen and oxygen atoms in total. The van der Waals surface area contributed by atoms with Gasteiger partial charge in [-0.3, -0.25) is 9.59 Å². The molecule has 0 saturated heterocycles. The summed E-state index contributed by atoms with van der Waals surface area (Å²) in [5.74, 6) is -1.06. The van der Waals surface area contributed by atoms with E-state index in [9.17, 15) is 14.0 Å². The van der Waals surface area contributed by atoms with Crippen LogP contribution in [0.5, 0.6) is 0 Å². The molecule has 23 heavy (non-hydrogen) atoms. The SMILES string of the molecule is CC.CC(=O)c1cc(C(N)=O)c(Nc2ccc(C)cc2F)n1C. The minimum absolute atomic E-state index is 0.141. The van der Waals surface area contributed by atoms with Crippen molar-refractivity contribution < 1.29 is 14.0 Å². The monoisotopic (exact) mass is 319 g/mol. The van der Waals surface area contributed by atoms with Crippen molar-refractivity contribution in [2.75, 3.05) is 5.32 Å². The van der Waals surface area contributed by atoms with Gasteiger partial charge >= 0.3 is 0 Å². The minimum Gasteiger partial charge on any atom is -0.365 e. The van der Waals surface area contributed by atoms with Gasteiger partial charge in [0.2, 0.25) is 0 Å². The molecule has 124 valence electrons. The van der Waals surface area contributed by atoms with Crippen LogP contribution in [0.15, 0.2) is 24.3 Å².